The van der Waals surface area contributed by atoms with E-state index in [-0.39, 0.29) is 17.4 Å². The lowest BCUT2D eigenvalue weighted by molar-refractivity contribution is 0.0713. The Hall–Kier alpha value is -2.28. The van der Waals surface area contributed by atoms with Gasteiger partial charge in [-0.3, -0.25) is 9.00 Å². The molecule has 0 radical (unpaired) electrons. The van der Waals surface area contributed by atoms with Gasteiger partial charge in [0.25, 0.3) is 5.91 Å². The van der Waals surface area contributed by atoms with E-state index in [1.54, 1.807) is 29.2 Å². The van der Waals surface area contributed by atoms with Gasteiger partial charge in [0.2, 0.25) is 0 Å². The van der Waals surface area contributed by atoms with Crippen molar-refractivity contribution in [2.45, 2.75) is 11.5 Å². The molecule has 1 aliphatic rings. The maximum Gasteiger partial charge on any atom is 0.289 e. The number of anilines is 1. The molecule has 1 amide bonds. The smallest absolute Gasteiger partial charge is 0.289 e. The summed E-state index contributed by atoms with van der Waals surface area (Å²) in [6.07, 6.45) is 0. The van der Waals surface area contributed by atoms with Crippen LogP contribution in [-0.4, -0.2) is 41.2 Å². The predicted octanol–water partition coefficient (Wildman–Crippen LogP) is 5.00. The Morgan fingerprint density at radius 3 is 2.32 bits per heavy atom. The number of hydrogen-bond acceptors (Lipinski definition) is 4. The molecule has 1 aromatic heterocycles. The number of nitrogens with zero attached hydrogens (tertiary/aromatic N) is 2. The Kier molecular flexibility index (Phi) is 7.00. The predicted molar refractivity (Wildman–Crippen MR) is 125 cm³/mol. The van der Waals surface area contributed by atoms with E-state index in [1.807, 2.05) is 36.4 Å². The molecule has 4 rings (SSSR count). The molecule has 2 aromatic carbocycles. The van der Waals surface area contributed by atoms with Crippen LogP contribution in [0.5, 0.6) is 0 Å². The topological polar surface area (TPSA) is 53.8 Å². The summed E-state index contributed by atoms with van der Waals surface area (Å²) >= 11 is 12.1. The first-order chi connectivity index (χ1) is 15.0. The van der Waals surface area contributed by atoms with Crippen LogP contribution in [0.15, 0.2) is 65.1 Å². The molecule has 1 atom stereocenters. The summed E-state index contributed by atoms with van der Waals surface area (Å²) in [7, 11) is -1.16. The molecule has 1 aliphatic heterocycles. The minimum atomic E-state index is -1.16. The lowest BCUT2D eigenvalue weighted by Crippen LogP contribution is -2.48. The monoisotopic (exact) mass is 476 g/mol. The summed E-state index contributed by atoms with van der Waals surface area (Å²) in [5.74, 6) is 1.32. The van der Waals surface area contributed by atoms with E-state index in [0.29, 0.717) is 34.6 Å². The van der Waals surface area contributed by atoms with Crippen molar-refractivity contribution in [3.63, 3.8) is 0 Å². The highest BCUT2D eigenvalue weighted by Gasteiger charge is 2.24. The number of piperazine rings is 1. The second kappa shape index (κ2) is 9.90. The van der Waals surface area contributed by atoms with Crippen LogP contribution in [0.2, 0.25) is 10.0 Å². The van der Waals surface area contributed by atoms with Crippen LogP contribution in [0.3, 0.4) is 0 Å². The summed E-state index contributed by atoms with van der Waals surface area (Å²) < 4.78 is 18.2. The van der Waals surface area contributed by atoms with E-state index in [4.69, 9.17) is 27.6 Å². The average molecular weight is 477 g/mol. The number of hydrogen-bond donors (Lipinski definition) is 0. The van der Waals surface area contributed by atoms with E-state index in [2.05, 4.69) is 4.90 Å². The van der Waals surface area contributed by atoms with Crippen molar-refractivity contribution >= 4 is 45.6 Å². The molecular weight excluding hydrogens is 455 g/mol. The first-order valence-electron chi connectivity index (χ1n) is 9.96. The van der Waals surface area contributed by atoms with E-state index >= 15 is 0 Å². The number of benzene rings is 2. The van der Waals surface area contributed by atoms with Crippen molar-refractivity contribution in [1.82, 2.24) is 4.90 Å². The molecule has 0 N–H and O–H groups in total. The molecule has 0 spiro atoms. The molecule has 3 aromatic rings. The van der Waals surface area contributed by atoms with Gasteiger partial charge in [-0.2, -0.15) is 0 Å². The molecule has 1 fully saturated rings. The minimum Gasteiger partial charge on any atom is -0.455 e. The quantitative estimate of drug-likeness (QED) is 0.502. The molecule has 0 saturated carbocycles. The van der Waals surface area contributed by atoms with Crippen LogP contribution < -0.4 is 4.90 Å². The summed E-state index contributed by atoms with van der Waals surface area (Å²) in [5, 5.41) is 1.32. The first kappa shape index (κ1) is 21.9. The zero-order chi connectivity index (χ0) is 21.8. The number of rotatable bonds is 6. The number of carbonyl (C=O) groups excluding carboxylic acids is 1. The normalized spacial score (nSPS) is 15.2. The van der Waals surface area contributed by atoms with Crippen molar-refractivity contribution in [2.75, 3.05) is 31.1 Å². The molecule has 2 heterocycles. The van der Waals surface area contributed by atoms with E-state index in [1.165, 1.54) is 0 Å². The second-order valence-electron chi connectivity index (χ2n) is 7.38. The number of furan rings is 1. The zero-order valence-electron chi connectivity index (χ0n) is 16.8. The fraction of sp³-hybridized carbons (Fsp3) is 0.261. The third kappa shape index (κ3) is 5.70. The fourth-order valence-electron chi connectivity index (χ4n) is 3.59. The van der Waals surface area contributed by atoms with Gasteiger partial charge in [-0.15, -0.1) is 0 Å². The number of amides is 1. The number of halogens is 2. The maximum atomic E-state index is 12.8. The molecule has 8 heteroatoms. The lowest BCUT2D eigenvalue weighted by atomic mass is 10.2. The van der Waals surface area contributed by atoms with Crippen LogP contribution >= 0.6 is 23.2 Å². The largest absolute Gasteiger partial charge is 0.455 e. The van der Waals surface area contributed by atoms with E-state index in [9.17, 15) is 9.00 Å². The molecule has 0 aliphatic carbocycles. The van der Waals surface area contributed by atoms with Crippen molar-refractivity contribution in [3.05, 3.63) is 87.8 Å². The van der Waals surface area contributed by atoms with Gasteiger partial charge in [-0.25, -0.2) is 0 Å². The summed E-state index contributed by atoms with van der Waals surface area (Å²) in [6, 6.07) is 18.4. The van der Waals surface area contributed by atoms with Crippen molar-refractivity contribution < 1.29 is 13.4 Å². The number of carbonyl (C=O) groups is 1. The SMILES string of the molecule is O=C(c1ccc(C[S@](=O)Cc2cccc(Cl)c2)o1)N1CCN(c2cccc(Cl)c2)CC1. The van der Waals surface area contributed by atoms with Crippen molar-refractivity contribution in [3.8, 4) is 0 Å². The fourth-order valence-corrected chi connectivity index (χ4v) is 5.11. The van der Waals surface area contributed by atoms with Gasteiger partial charge in [-0.05, 0) is 48.0 Å². The zero-order valence-corrected chi connectivity index (χ0v) is 19.1. The lowest BCUT2D eigenvalue weighted by Gasteiger charge is -2.35. The van der Waals surface area contributed by atoms with Gasteiger partial charge in [0, 0.05) is 58.5 Å². The van der Waals surface area contributed by atoms with Crippen molar-refractivity contribution in [2.24, 2.45) is 0 Å². The van der Waals surface area contributed by atoms with E-state index < -0.39 is 10.8 Å². The Labute approximate surface area is 194 Å². The molecule has 0 bridgehead atoms. The summed E-state index contributed by atoms with van der Waals surface area (Å²) in [4.78, 5) is 16.8. The van der Waals surface area contributed by atoms with Crippen LogP contribution in [0, 0.1) is 0 Å². The molecule has 0 unspecified atom stereocenters. The average Bonchev–Trinajstić information content (AvgIpc) is 3.21. The highest BCUT2D eigenvalue weighted by atomic mass is 35.5. The second-order valence-corrected chi connectivity index (χ2v) is 9.71. The van der Waals surface area contributed by atoms with Crippen LogP contribution in [0.1, 0.15) is 21.9 Å². The van der Waals surface area contributed by atoms with Gasteiger partial charge >= 0.3 is 0 Å². The molecular formula is C23H22Cl2N2O3S. The minimum absolute atomic E-state index is 0.141. The molecule has 1 saturated heterocycles. The molecule has 162 valence electrons. The molecule has 5 nitrogen and oxygen atoms in total. The van der Waals surface area contributed by atoms with Gasteiger partial charge in [0.05, 0.1) is 5.75 Å². The highest BCUT2D eigenvalue weighted by Crippen LogP contribution is 2.22. The first-order valence-corrected chi connectivity index (χ1v) is 12.2. The Balaban J connectivity index is 1.31. The maximum absolute atomic E-state index is 12.8. The summed E-state index contributed by atoms with van der Waals surface area (Å²) in [6.45, 7) is 2.65. The Bertz CT molecular complexity index is 1090. The van der Waals surface area contributed by atoms with Gasteiger partial charge < -0.3 is 14.2 Å². The van der Waals surface area contributed by atoms with Gasteiger partial charge in [-0.1, -0.05) is 41.4 Å². The van der Waals surface area contributed by atoms with E-state index in [0.717, 1.165) is 24.3 Å². The highest BCUT2D eigenvalue weighted by molar-refractivity contribution is 7.83. The van der Waals surface area contributed by atoms with Crippen LogP contribution in [0.25, 0.3) is 0 Å². The molecule has 31 heavy (non-hydrogen) atoms. The van der Waals surface area contributed by atoms with Crippen molar-refractivity contribution in [1.29, 1.82) is 0 Å². The third-order valence-electron chi connectivity index (χ3n) is 5.13. The van der Waals surface area contributed by atoms with Gasteiger partial charge in [0.1, 0.15) is 5.76 Å². The van der Waals surface area contributed by atoms with Gasteiger partial charge in [0.15, 0.2) is 5.76 Å². The standard InChI is InChI=1S/C23H22Cl2N2O3S/c24-18-4-1-3-17(13-18)15-31(29)16-21-7-8-22(30-21)23(28)27-11-9-26(10-12-27)20-6-2-5-19(25)14-20/h1-8,13-14H,9-12,15-16H2/t31-/m1/s1. The summed E-state index contributed by atoms with van der Waals surface area (Å²) in [5.41, 5.74) is 1.97. The van der Waals surface area contributed by atoms with Crippen LogP contribution in [0.4, 0.5) is 5.69 Å². The Morgan fingerprint density at radius 2 is 1.61 bits per heavy atom. The van der Waals surface area contributed by atoms with Crippen LogP contribution in [-0.2, 0) is 22.3 Å². The third-order valence-corrected chi connectivity index (χ3v) is 6.86. The Morgan fingerprint density at radius 1 is 0.903 bits per heavy atom.